The SMILES string of the molecule is O=C1CCCCC(=O)OCC/C(Cc2cccc3cccnc23)=C\CCO1. The van der Waals surface area contributed by atoms with Crippen LogP contribution >= 0.6 is 0 Å². The number of rotatable bonds is 2. The number of esters is 2. The van der Waals surface area contributed by atoms with E-state index in [4.69, 9.17) is 9.47 Å². The molecule has 2 aromatic rings. The maximum Gasteiger partial charge on any atom is 0.305 e. The lowest BCUT2D eigenvalue weighted by molar-refractivity contribution is -0.145. The number of carbonyl (C=O) groups is 2. The van der Waals surface area contributed by atoms with E-state index in [0.29, 0.717) is 51.7 Å². The minimum absolute atomic E-state index is 0.200. The normalized spacial score (nSPS) is 19.5. The molecule has 2 heterocycles. The Bertz CT molecular complexity index is 823. The van der Waals surface area contributed by atoms with Crippen LogP contribution in [-0.2, 0) is 25.5 Å². The molecule has 0 bridgehead atoms. The maximum absolute atomic E-state index is 11.8. The summed E-state index contributed by atoms with van der Waals surface area (Å²) in [5, 5.41) is 1.11. The van der Waals surface area contributed by atoms with Gasteiger partial charge in [-0.05, 0) is 37.3 Å². The fraction of sp³-hybridized carbons (Fsp3) is 0.409. The summed E-state index contributed by atoms with van der Waals surface area (Å²) in [4.78, 5) is 28.0. The lowest BCUT2D eigenvalue weighted by atomic mass is 9.99. The zero-order valence-corrected chi connectivity index (χ0v) is 15.5. The third-order valence-corrected chi connectivity index (χ3v) is 4.65. The van der Waals surface area contributed by atoms with Crippen molar-refractivity contribution in [3.8, 4) is 0 Å². The molecule has 1 aliphatic rings. The lowest BCUT2D eigenvalue weighted by Crippen LogP contribution is -2.10. The minimum atomic E-state index is -0.202. The van der Waals surface area contributed by atoms with Crippen molar-refractivity contribution >= 4 is 22.8 Å². The number of pyridine rings is 1. The van der Waals surface area contributed by atoms with Crippen LogP contribution in [0.25, 0.3) is 10.9 Å². The maximum atomic E-state index is 11.8. The fourth-order valence-corrected chi connectivity index (χ4v) is 3.23. The number of fused-ring (bicyclic) bond motifs is 1. The molecule has 142 valence electrons. The van der Waals surface area contributed by atoms with E-state index < -0.39 is 0 Å². The van der Waals surface area contributed by atoms with Gasteiger partial charge in [0.15, 0.2) is 0 Å². The predicted octanol–water partition coefficient (Wildman–Crippen LogP) is 4.14. The molecule has 0 spiro atoms. The van der Waals surface area contributed by atoms with Gasteiger partial charge in [-0.1, -0.05) is 35.9 Å². The van der Waals surface area contributed by atoms with Gasteiger partial charge in [0, 0.05) is 30.8 Å². The van der Waals surface area contributed by atoms with Crippen molar-refractivity contribution in [2.24, 2.45) is 0 Å². The summed E-state index contributed by atoms with van der Waals surface area (Å²) in [6.45, 7) is 0.762. The van der Waals surface area contributed by atoms with Gasteiger partial charge in [0.2, 0.25) is 0 Å². The molecule has 0 atom stereocenters. The summed E-state index contributed by atoms with van der Waals surface area (Å²) in [6.07, 6.45) is 7.96. The molecule has 5 heteroatoms. The number of nitrogens with zero attached hydrogens (tertiary/aromatic N) is 1. The molecule has 0 radical (unpaired) electrons. The van der Waals surface area contributed by atoms with Crippen LogP contribution in [0.4, 0.5) is 0 Å². The quantitative estimate of drug-likeness (QED) is 0.589. The highest BCUT2D eigenvalue weighted by molar-refractivity contribution is 5.81. The van der Waals surface area contributed by atoms with Gasteiger partial charge in [-0.25, -0.2) is 0 Å². The summed E-state index contributed by atoms with van der Waals surface area (Å²) >= 11 is 0. The Morgan fingerprint density at radius 1 is 0.889 bits per heavy atom. The van der Waals surface area contributed by atoms with Crippen molar-refractivity contribution in [1.82, 2.24) is 4.98 Å². The number of ether oxygens (including phenoxy) is 2. The van der Waals surface area contributed by atoms with E-state index in [9.17, 15) is 9.59 Å². The van der Waals surface area contributed by atoms with Crippen LogP contribution in [0.15, 0.2) is 48.2 Å². The van der Waals surface area contributed by atoms with Gasteiger partial charge in [0.05, 0.1) is 18.7 Å². The third-order valence-electron chi connectivity index (χ3n) is 4.65. The highest BCUT2D eigenvalue weighted by atomic mass is 16.5. The van der Waals surface area contributed by atoms with Gasteiger partial charge in [-0.2, -0.15) is 0 Å². The van der Waals surface area contributed by atoms with Crippen molar-refractivity contribution in [3.05, 3.63) is 53.7 Å². The Balaban J connectivity index is 1.73. The summed E-state index contributed by atoms with van der Waals surface area (Å²) in [5.41, 5.74) is 3.29. The Labute approximate surface area is 159 Å². The second kappa shape index (κ2) is 9.86. The summed E-state index contributed by atoms with van der Waals surface area (Å²) < 4.78 is 10.6. The summed E-state index contributed by atoms with van der Waals surface area (Å²) in [5.74, 6) is -0.403. The highest BCUT2D eigenvalue weighted by Gasteiger charge is 2.10. The van der Waals surface area contributed by atoms with Crippen LogP contribution in [0.3, 0.4) is 0 Å². The average Bonchev–Trinajstić information content (AvgIpc) is 2.68. The van der Waals surface area contributed by atoms with Gasteiger partial charge in [0.1, 0.15) is 0 Å². The largest absolute Gasteiger partial charge is 0.465 e. The van der Waals surface area contributed by atoms with Gasteiger partial charge in [-0.15, -0.1) is 0 Å². The molecular formula is C22H25NO4. The molecule has 1 aromatic heterocycles. The first kappa shape index (κ1) is 19.1. The van der Waals surface area contributed by atoms with Gasteiger partial charge in [-0.3, -0.25) is 14.6 Å². The van der Waals surface area contributed by atoms with Crippen molar-refractivity contribution in [2.75, 3.05) is 13.2 Å². The highest BCUT2D eigenvalue weighted by Crippen LogP contribution is 2.21. The Morgan fingerprint density at radius 2 is 1.63 bits per heavy atom. The Kier molecular flexibility index (Phi) is 6.97. The van der Waals surface area contributed by atoms with Gasteiger partial charge < -0.3 is 9.47 Å². The molecule has 27 heavy (non-hydrogen) atoms. The first-order chi connectivity index (χ1) is 13.2. The monoisotopic (exact) mass is 367 g/mol. The van der Waals surface area contributed by atoms with Crippen molar-refractivity contribution in [3.63, 3.8) is 0 Å². The predicted molar refractivity (Wildman–Crippen MR) is 103 cm³/mol. The number of carbonyl (C=O) groups excluding carboxylic acids is 2. The van der Waals surface area contributed by atoms with Gasteiger partial charge in [0.25, 0.3) is 0 Å². The second-order valence-corrected chi connectivity index (χ2v) is 6.72. The molecule has 0 unspecified atom stereocenters. The van der Waals surface area contributed by atoms with Crippen molar-refractivity contribution in [2.45, 2.75) is 44.9 Å². The molecule has 0 aliphatic carbocycles. The van der Waals surface area contributed by atoms with E-state index in [0.717, 1.165) is 28.5 Å². The molecule has 0 saturated carbocycles. The fourth-order valence-electron chi connectivity index (χ4n) is 3.23. The van der Waals surface area contributed by atoms with E-state index in [1.54, 1.807) is 6.20 Å². The van der Waals surface area contributed by atoms with E-state index in [1.165, 1.54) is 0 Å². The molecule has 5 nitrogen and oxygen atoms in total. The number of hydrogen-bond acceptors (Lipinski definition) is 5. The minimum Gasteiger partial charge on any atom is -0.465 e. The summed E-state index contributed by atoms with van der Waals surface area (Å²) in [6, 6.07) is 10.1. The summed E-state index contributed by atoms with van der Waals surface area (Å²) in [7, 11) is 0. The number of hydrogen-bond donors (Lipinski definition) is 0. The Hall–Kier alpha value is -2.69. The molecule has 0 N–H and O–H groups in total. The average molecular weight is 367 g/mol. The number of para-hydroxylation sites is 1. The standard InChI is InChI=1S/C22H25NO4/c24-20-10-1-2-11-21(25)27-15-12-17(6-5-14-26-20)16-19-8-3-7-18-9-4-13-23-22(18)19/h3-4,6-9,13H,1-2,5,10-12,14-16H2/b17-6+. The second-order valence-electron chi connectivity index (χ2n) is 6.72. The van der Waals surface area contributed by atoms with Crippen molar-refractivity contribution in [1.29, 1.82) is 0 Å². The number of aromatic nitrogens is 1. The van der Waals surface area contributed by atoms with Crippen LogP contribution < -0.4 is 0 Å². The van der Waals surface area contributed by atoms with E-state index in [-0.39, 0.29) is 11.9 Å². The van der Waals surface area contributed by atoms with E-state index >= 15 is 0 Å². The van der Waals surface area contributed by atoms with Crippen molar-refractivity contribution < 1.29 is 19.1 Å². The molecule has 1 aliphatic heterocycles. The zero-order chi connectivity index (χ0) is 18.9. The van der Waals surface area contributed by atoms with Crippen LogP contribution in [0, 0.1) is 0 Å². The van der Waals surface area contributed by atoms with E-state index in [1.807, 2.05) is 12.1 Å². The molecular weight excluding hydrogens is 342 g/mol. The van der Waals surface area contributed by atoms with Crippen LogP contribution in [-0.4, -0.2) is 30.1 Å². The molecule has 1 aromatic carbocycles. The third kappa shape index (κ3) is 5.91. The number of benzene rings is 1. The van der Waals surface area contributed by atoms with Crippen LogP contribution in [0.2, 0.25) is 0 Å². The first-order valence-corrected chi connectivity index (χ1v) is 9.54. The van der Waals surface area contributed by atoms with Gasteiger partial charge >= 0.3 is 11.9 Å². The smallest absolute Gasteiger partial charge is 0.305 e. The molecule has 3 rings (SSSR count). The van der Waals surface area contributed by atoms with Crippen LogP contribution in [0.5, 0.6) is 0 Å². The van der Waals surface area contributed by atoms with Crippen LogP contribution in [0.1, 0.15) is 44.1 Å². The first-order valence-electron chi connectivity index (χ1n) is 9.54. The zero-order valence-electron chi connectivity index (χ0n) is 15.5. The molecule has 0 saturated heterocycles. The lowest BCUT2D eigenvalue weighted by Gasteiger charge is -2.12. The molecule has 0 fully saturated rings. The Morgan fingerprint density at radius 3 is 2.44 bits per heavy atom. The van der Waals surface area contributed by atoms with E-state index in [2.05, 4.69) is 29.3 Å². The molecule has 0 amide bonds. The number of cyclic esters (lactones) is 2. The topological polar surface area (TPSA) is 65.5 Å².